The van der Waals surface area contributed by atoms with E-state index in [4.69, 9.17) is 9.47 Å². The van der Waals surface area contributed by atoms with Crippen molar-refractivity contribution in [3.05, 3.63) is 29.6 Å². The van der Waals surface area contributed by atoms with Crippen molar-refractivity contribution in [1.29, 1.82) is 0 Å². The van der Waals surface area contributed by atoms with Gasteiger partial charge in [-0.1, -0.05) is 31.7 Å². The van der Waals surface area contributed by atoms with Gasteiger partial charge in [-0.25, -0.2) is 4.98 Å². The molecule has 0 saturated heterocycles. The third kappa shape index (κ3) is 4.45. The van der Waals surface area contributed by atoms with Gasteiger partial charge in [-0.2, -0.15) is 0 Å². The number of rotatable bonds is 6. The second-order valence-electron chi connectivity index (χ2n) is 6.18. The maximum Gasteiger partial charge on any atom is 0.230 e. The minimum Gasteiger partial charge on any atom is -0.486 e. The molecule has 1 atom stereocenters. The van der Waals surface area contributed by atoms with E-state index in [0.29, 0.717) is 18.4 Å². The molecule has 1 aromatic heterocycles. The zero-order valence-corrected chi connectivity index (χ0v) is 15.4. The van der Waals surface area contributed by atoms with E-state index in [9.17, 15) is 4.79 Å². The first-order valence-electron chi connectivity index (χ1n) is 8.23. The van der Waals surface area contributed by atoms with Crippen molar-refractivity contribution in [2.75, 3.05) is 19.0 Å². The molecule has 3 rings (SSSR count). The second kappa shape index (κ2) is 7.77. The quantitative estimate of drug-likeness (QED) is 0.768. The molecule has 0 radical (unpaired) electrons. The van der Waals surface area contributed by atoms with Crippen LogP contribution in [0.1, 0.15) is 31.3 Å². The lowest BCUT2D eigenvalue weighted by Gasteiger charge is -2.25. The molecule has 1 aliphatic rings. The number of amides is 1. The number of H-pyrrole nitrogens is 1. The average molecular weight is 362 g/mol. The number of nitrogens with one attached hydrogen (secondary N) is 2. The Kier molecular flexibility index (Phi) is 5.47. The molecular weight excluding hydrogens is 340 g/mol. The molecule has 25 heavy (non-hydrogen) atoms. The van der Waals surface area contributed by atoms with Crippen LogP contribution in [0.4, 0.5) is 0 Å². The van der Waals surface area contributed by atoms with E-state index in [2.05, 4.69) is 34.3 Å². The summed E-state index contributed by atoms with van der Waals surface area (Å²) in [6, 6.07) is 5.73. The van der Waals surface area contributed by atoms with Crippen LogP contribution in [0.25, 0.3) is 0 Å². The summed E-state index contributed by atoms with van der Waals surface area (Å²) in [6.07, 6.45) is 0. The fraction of sp³-hybridized carbons (Fsp3) is 0.471. The van der Waals surface area contributed by atoms with E-state index in [1.807, 2.05) is 25.1 Å². The van der Waals surface area contributed by atoms with Crippen molar-refractivity contribution < 1.29 is 14.3 Å². The Morgan fingerprint density at radius 3 is 2.76 bits per heavy atom. The molecule has 0 saturated carbocycles. The predicted molar refractivity (Wildman–Crippen MR) is 95.0 cm³/mol. The second-order valence-corrected chi connectivity index (χ2v) is 7.13. The molecule has 2 aromatic rings. The Labute approximate surface area is 150 Å². The van der Waals surface area contributed by atoms with E-state index >= 15 is 0 Å². The van der Waals surface area contributed by atoms with E-state index in [1.165, 1.54) is 11.8 Å². The van der Waals surface area contributed by atoms with Crippen molar-refractivity contribution in [1.82, 2.24) is 20.5 Å². The number of carbonyl (C=O) groups is 1. The van der Waals surface area contributed by atoms with Crippen molar-refractivity contribution in [2.24, 2.45) is 5.92 Å². The monoisotopic (exact) mass is 362 g/mol. The molecule has 1 aromatic carbocycles. The summed E-state index contributed by atoms with van der Waals surface area (Å²) in [5.41, 5.74) is 1.01. The lowest BCUT2D eigenvalue weighted by Crippen LogP contribution is -2.33. The van der Waals surface area contributed by atoms with Crippen molar-refractivity contribution in [3.8, 4) is 11.5 Å². The summed E-state index contributed by atoms with van der Waals surface area (Å²) in [4.78, 5) is 16.5. The number of ether oxygens (including phenoxy) is 2. The smallest absolute Gasteiger partial charge is 0.230 e. The highest BCUT2D eigenvalue weighted by Gasteiger charge is 2.21. The molecule has 2 heterocycles. The summed E-state index contributed by atoms with van der Waals surface area (Å²) in [6.45, 7) is 7.09. The first kappa shape index (κ1) is 17.6. The van der Waals surface area contributed by atoms with Gasteiger partial charge in [-0.15, -0.1) is 5.10 Å². The van der Waals surface area contributed by atoms with Crippen LogP contribution in [-0.4, -0.2) is 40.1 Å². The highest BCUT2D eigenvalue weighted by Crippen LogP contribution is 2.34. The van der Waals surface area contributed by atoms with Crippen LogP contribution < -0.4 is 14.8 Å². The molecule has 1 amide bonds. The van der Waals surface area contributed by atoms with Gasteiger partial charge in [-0.3, -0.25) is 9.89 Å². The maximum absolute atomic E-state index is 12.3. The van der Waals surface area contributed by atoms with Gasteiger partial charge in [0.05, 0.1) is 11.8 Å². The molecule has 0 spiro atoms. The lowest BCUT2D eigenvalue weighted by molar-refractivity contribution is -0.119. The number of benzene rings is 1. The molecular formula is C17H22N4O3S. The number of hydrogen-bond acceptors (Lipinski definition) is 6. The molecule has 2 N–H and O–H groups in total. The summed E-state index contributed by atoms with van der Waals surface area (Å²) < 4.78 is 11.2. The van der Waals surface area contributed by atoms with Gasteiger partial charge in [-0.05, 0) is 30.5 Å². The molecule has 7 nitrogen and oxygen atoms in total. The van der Waals surface area contributed by atoms with E-state index in [1.54, 1.807) is 0 Å². The number of aromatic amines is 1. The van der Waals surface area contributed by atoms with Gasteiger partial charge < -0.3 is 14.8 Å². The van der Waals surface area contributed by atoms with Crippen molar-refractivity contribution >= 4 is 17.7 Å². The maximum atomic E-state index is 12.3. The van der Waals surface area contributed by atoms with Crippen LogP contribution in [0.2, 0.25) is 0 Å². The Morgan fingerprint density at radius 1 is 1.32 bits per heavy atom. The van der Waals surface area contributed by atoms with E-state index < -0.39 is 0 Å². The van der Waals surface area contributed by atoms with Gasteiger partial charge >= 0.3 is 0 Å². The highest BCUT2D eigenvalue weighted by molar-refractivity contribution is 7.99. The summed E-state index contributed by atoms with van der Waals surface area (Å²) in [7, 11) is 0. The first-order valence-corrected chi connectivity index (χ1v) is 9.22. The van der Waals surface area contributed by atoms with Crippen LogP contribution in [0, 0.1) is 12.8 Å². The number of nitrogens with zero attached hydrogens (tertiary/aromatic N) is 2. The Hall–Kier alpha value is -2.22. The molecule has 0 fully saturated rings. The SMILES string of the molecule is Cc1nc(SCC(=O)NC(c2ccc3c(c2)OCCO3)C(C)C)n[nH]1. The van der Waals surface area contributed by atoms with Crippen molar-refractivity contribution in [3.63, 3.8) is 0 Å². The minimum absolute atomic E-state index is 0.0546. The van der Waals surface area contributed by atoms with Crippen LogP contribution in [-0.2, 0) is 4.79 Å². The fourth-order valence-electron chi connectivity index (χ4n) is 2.62. The number of aryl methyl sites for hydroxylation is 1. The van der Waals surface area contributed by atoms with Crippen molar-refractivity contribution in [2.45, 2.75) is 32.0 Å². The summed E-state index contributed by atoms with van der Waals surface area (Å²) in [5.74, 6) is 2.67. The molecule has 0 aliphatic carbocycles. The number of thioether (sulfide) groups is 1. The van der Waals surface area contributed by atoms with Crippen LogP contribution in [0.3, 0.4) is 0 Å². The minimum atomic E-state index is -0.0993. The van der Waals surface area contributed by atoms with Gasteiger partial charge in [0.2, 0.25) is 11.1 Å². The first-order chi connectivity index (χ1) is 12.0. The fourth-order valence-corrected chi connectivity index (χ4v) is 3.28. The molecule has 0 bridgehead atoms. The Bertz CT molecular complexity index is 747. The highest BCUT2D eigenvalue weighted by atomic mass is 32.2. The van der Waals surface area contributed by atoms with Crippen LogP contribution in [0.5, 0.6) is 11.5 Å². The number of aromatic nitrogens is 3. The van der Waals surface area contributed by atoms with Gasteiger partial charge in [0.15, 0.2) is 11.5 Å². The zero-order valence-electron chi connectivity index (χ0n) is 14.5. The third-order valence-corrected chi connectivity index (χ3v) is 4.66. The summed E-state index contributed by atoms with van der Waals surface area (Å²) in [5, 5.41) is 10.5. The molecule has 134 valence electrons. The van der Waals surface area contributed by atoms with Crippen LogP contribution >= 0.6 is 11.8 Å². The van der Waals surface area contributed by atoms with Gasteiger partial charge in [0.1, 0.15) is 19.0 Å². The average Bonchev–Trinajstić information content (AvgIpc) is 3.02. The normalized spacial score (nSPS) is 14.4. The summed E-state index contributed by atoms with van der Waals surface area (Å²) >= 11 is 1.31. The Morgan fingerprint density at radius 2 is 2.08 bits per heavy atom. The third-order valence-electron chi connectivity index (χ3n) is 3.82. The predicted octanol–water partition coefficient (Wildman–Crippen LogP) is 2.49. The topological polar surface area (TPSA) is 89.1 Å². The Balaban J connectivity index is 1.65. The number of hydrogen-bond donors (Lipinski definition) is 2. The molecule has 1 aliphatic heterocycles. The van der Waals surface area contributed by atoms with E-state index in [-0.39, 0.29) is 23.6 Å². The standard InChI is InChI=1S/C17H22N4O3S/c1-10(2)16(12-4-5-13-14(8-12)24-7-6-23-13)19-15(22)9-25-17-18-11(3)20-21-17/h4-5,8,10,16H,6-7,9H2,1-3H3,(H,19,22)(H,18,20,21). The van der Waals surface area contributed by atoms with Gasteiger partial charge in [0, 0.05) is 0 Å². The number of carbonyl (C=O) groups excluding carboxylic acids is 1. The number of fused-ring (bicyclic) bond motifs is 1. The lowest BCUT2D eigenvalue weighted by atomic mass is 9.95. The largest absolute Gasteiger partial charge is 0.486 e. The molecule has 1 unspecified atom stereocenters. The molecule has 8 heteroatoms. The zero-order chi connectivity index (χ0) is 17.8. The van der Waals surface area contributed by atoms with Crippen LogP contribution in [0.15, 0.2) is 23.4 Å². The van der Waals surface area contributed by atoms with Gasteiger partial charge in [0.25, 0.3) is 0 Å². The van der Waals surface area contributed by atoms with E-state index in [0.717, 1.165) is 22.9 Å².